The maximum Gasteiger partial charge on any atom is 0.270 e. The fourth-order valence-electron chi connectivity index (χ4n) is 2.51. The highest BCUT2D eigenvalue weighted by molar-refractivity contribution is 7.23. The predicted octanol–water partition coefficient (Wildman–Crippen LogP) is 3.64. The topological polar surface area (TPSA) is 54.0 Å². The van der Waals surface area contributed by atoms with E-state index in [9.17, 15) is 4.79 Å². The average Bonchev–Trinajstić information content (AvgIpc) is 3.14. The summed E-state index contributed by atoms with van der Waals surface area (Å²) in [7, 11) is 0. The molecular formula is C15H18ClN3OS2. The van der Waals surface area contributed by atoms with Crippen LogP contribution in [-0.4, -0.2) is 30.5 Å². The van der Waals surface area contributed by atoms with Gasteiger partial charge in [0.05, 0.1) is 9.21 Å². The van der Waals surface area contributed by atoms with Gasteiger partial charge >= 0.3 is 0 Å². The molecule has 0 aliphatic carbocycles. The van der Waals surface area contributed by atoms with Gasteiger partial charge in [-0.3, -0.25) is 4.79 Å². The van der Waals surface area contributed by atoms with Gasteiger partial charge in [0.1, 0.15) is 10.7 Å². The van der Waals surface area contributed by atoms with Gasteiger partial charge in [0, 0.05) is 11.9 Å². The molecule has 1 amide bonds. The van der Waals surface area contributed by atoms with Crippen molar-refractivity contribution in [2.75, 3.05) is 19.6 Å². The van der Waals surface area contributed by atoms with Gasteiger partial charge in [-0.05, 0) is 43.5 Å². The summed E-state index contributed by atoms with van der Waals surface area (Å²) in [6, 6.07) is 3.78. The van der Waals surface area contributed by atoms with E-state index < -0.39 is 0 Å². The first kappa shape index (κ1) is 15.9. The lowest BCUT2D eigenvalue weighted by atomic mass is 9.81. The van der Waals surface area contributed by atoms with Gasteiger partial charge < -0.3 is 10.6 Å². The fraction of sp³-hybridized carbons (Fsp3) is 0.467. The van der Waals surface area contributed by atoms with Crippen molar-refractivity contribution >= 4 is 40.2 Å². The van der Waals surface area contributed by atoms with Crippen LogP contribution in [0.3, 0.4) is 0 Å². The van der Waals surface area contributed by atoms with Crippen molar-refractivity contribution in [3.8, 4) is 9.88 Å². The summed E-state index contributed by atoms with van der Waals surface area (Å²) in [5.74, 6) is -0.0927. The van der Waals surface area contributed by atoms with Crippen LogP contribution < -0.4 is 10.6 Å². The second kappa shape index (κ2) is 6.66. The summed E-state index contributed by atoms with van der Waals surface area (Å²) in [6.07, 6.45) is 2.17. The minimum absolute atomic E-state index is 0.0927. The molecule has 3 heterocycles. The molecule has 0 unspecified atom stereocenters. The number of nitrogens with zero attached hydrogens (tertiary/aromatic N) is 1. The summed E-state index contributed by atoms with van der Waals surface area (Å²) in [5, 5.41) is 9.03. The van der Waals surface area contributed by atoms with Gasteiger partial charge in [-0.15, -0.1) is 22.7 Å². The third kappa shape index (κ3) is 3.68. The number of carbonyl (C=O) groups excluding carboxylic acids is 1. The third-order valence-corrected chi connectivity index (χ3v) is 6.25. The number of carbonyl (C=O) groups is 1. The SMILES string of the molecule is CC1(CNC(=O)c2csc(-c3ccc(Cl)s3)n2)CCNCC1. The summed E-state index contributed by atoms with van der Waals surface area (Å²) in [4.78, 5) is 17.7. The molecule has 22 heavy (non-hydrogen) atoms. The Bertz CT molecular complexity index is 661. The van der Waals surface area contributed by atoms with E-state index >= 15 is 0 Å². The first-order valence-corrected chi connectivity index (χ1v) is 9.33. The van der Waals surface area contributed by atoms with Crippen molar-refractivity contribution in [3.05, 3.63) is 27.5 Å². The number of nitrogens with one attached hydrogen (secondary N) is 2. The Morgan fingerprint density at radius 3 is 2.91 bits per heavy atom. The number of thiazole rings is 1. The van der Waals surface area contributed by atoms with Crippen LogP contribution in [0.25, 0.3) is 9.88 Å². The van der Waals surface area contributed by atoms with Crippen molar-refractivity contribution < 1.29 is 4.79 Å². The van der Waals surface area contributed by atoms with Crippen LogP contribution in [0.15, 0.2) is 17.5 Å². The Morgan fingerprint density at radius 1 is 1.45 bits per heavy atom. The van der Waals surface area contributed by atoms with Crippen LogP contribution in [0.4, 0.5) is 0 Å². The number of amides is 1. The first-order valence-electron chi connectivity index (χ1n) is 7.26. The molecule has 118 valence electrons. The van der Waals surface area contributed by atoms with E-state index in [-0.39, 0.29) is 11.3 Å². The smallest absolute Gasteiger partial charge is 0.270 e. The largest absolute Gasteiger partial charge is 0.350 e. The van der Waals surface area contributed by atoms with E-state index in [0.717, 1.165) is 40.2 Å². The number of halogens is 1. The average molecular weight is 356 g/mol. The summed E-state index contributed by atoms with van der Waals surface area (Å²) in [6.45, 7) is 4.97. The Kier molecular flexibility index (Phi) is 4.82. The van der Waals surface area contributed by atoms with Crippen molar-refractivity contribution in [1.82, 2.24) is 15.6 Å². The minimum Gasteiger partial charge on any atom is -0.350 e. The summed E-state index contributed by atoms with van der Waals surface area (Å²) in [5.41, 5.74) is 0.670. The highest BCUT2D eigenvalue weighted by Gasteiger charge is 2.27. The molecule has 7 heteroatoms. The minimum atomic E-state index is -0.0927. The predicted molar refractivity (Wildman–Crippen MR) is 93.0 cm³/mol. The highest BCUT2D eigenvalue weighted by atomic mass is 35.5. The third-order valence-electron chi connectivity index (χ3n) is 4.01. The monoisotopic (exact) mass is 355 g/mol. The zero-order valence-electron chi connectivity index (χ0n) is 12.3. The van der Waals surface area contributed by atoms with Crippen molar-refractivity contribution in [1.29, 1.82) is 0 Å². The van der Waals surface area contributed by atoms with Crippen molar-refractivity contribution in [2.24, 2.45) is 5.41 Å². The molecule has 2 aromatic heterocycles. The zero-order valence-corrected chi connectivity index (χ0v) is 14.7. The molecule has 0 aromatic carbocycles. The normalized spacial score (nSPS) is 17.4. The number of thiophene rings is 1. The molecule has 3 rings (SSSR count). The quantitative estimate of drug-likeness (QED) is 0.880. The maximum atomic E-state index is 12.3. The molecule has 0 radical (unpaired) electrons. The Morgan fingerprint density at radius 2 is 2.23 bits per heavy atom. The van der Waals surface area contributed by atoms with Crippen molar-refractivity contribution in [2.45, 2.75) is 19.8 Å². The lowest BCUT2D eigenvalue weighted by Gasteiger charge is -2.34. The maximum absolute atomic E-state index is 12.3. The van der Waals surface area contributed by atoms with Crippen LogP contribution >= 0.6 is 34.3 Å². The van der Waals surface area contributed by atoms with E-state index in [2.05, 4.69) is 22.5 Å². The van der Waals surface area contributed by atoms with Gasteiger partial charge in [0.2, 0.25) is 0 Å². The van der Waals surface area contributed by atoms with Crippen LogP contribution in [0.1, 0.15) is 30.3 Å². The molecule has 0 atom stereocenters. The first-order chi connectivity index (χ1) is 10.6. The second-order valence-electron chi connectivity index (χ2n) is 5.88. The van der Waals surface area contributed by atoms with E-state index in [0.29, 0.717) is 12.2 Å². The number of aromatic nitrogens is 1. The molecule has 2 N–H and O–H groups in total. The number of rotatable bonds is 4. The molecule has 2 aromatic rings. The van der Waals surface area contributed by atoms with Gasteiger partial charge in [0.25, 0.3) is 5.91 Å². The fourth-order valence-corrected chi connectivity index (χ4v) is 4.43. The second-order valence-corrected chi connectivity index (χ2v) is 8.46. The van der Waals surface area contributed by atoms with Gasteiger partial charge in [0.15, 0.2) is 0 Å². The number of hydrogen-bond acceptors (Lipinski definition) is 5. The molecule has 1 aliphatic heterocycles. The van der Waals surface area contributed by atoms with E-state index in [1.807, 2.05) is 17.5 Å². The van der Waals surface area contributed by atoms with Crippen LogP contribution in [-0.2, 0) is 0 Å². The summed E-state index contributed by atoms with van der Waals surface area (Å²) >= 11 is 8.89. The van der Waals surface area contributed by atoms with Crippen molar-refractivity contribution in [3.63, 3.8) is 0 Å². The molecule has 0 spiro atoms. The van der Waals surface area contributed by atoms with E-state index in [4.69, 9.17) is 11.6 Å². The molecule has 0 bridgehead atoms. The van der Waals surface area contributed by atoms with Gasteiger partial charge in [-0.25, -0.2) is 4.98 Å². The lowest BCUT2D eigenvalue weighted by Crippen LogP contribution is -2.42. The molecule has 1 fully saturated rings. The van der Waals surface area contributed by atoms with Crippen LogP contribution in [0, 0.1) is 5.41 Å². The molecule has 4 nitrogen and oxygen atoms in total. The zero-order chi connectivity index (χ0) is 15.6. The van der Waals surface area contributed by atoms with E-state index in [1.165, 1.54) is 22.7 Å². The van der Waals surface area contributed by atoms with Gasteiger partial charge in [-0.2, -0.15) is 0 Å². The number of piperidine rings is 1. The van der Waals surface area contributed by atoms with Crippen LogP contribution in [0.5, 0.6) is 0 Å². The highest BCUT2D eigenvalue weighted by Crippen LogP contribution is 2.33. The van der Waals surface area contributed by atoms with Crippen LogP contribution in [0.2, 0.25) is 4.34 Å². The molecule has 1 saturated heterocycles. The van der Waals surface area contributed by atoms with E-state index in [1.54, 1.807) is 0 Å². The standard InChI is InChI=1S/C15H18ClN3OS2/c1-15(4-6-17-7-5-15)9-18-13(20)10-8-21-14(19-10)11-2-3-12(16)22-11/h2-3,8,17H,4-7,9H2,1H3,(H,18,20). The molecule has 1 aliphatic rings. The Labute approximate surface area is 142 Å². The molecule has 0 saturated carbocycles. The summed E-state index contributed by atoms with van der Waals surface area (Å²) < 4.78 is 0.732. The van der Waals surface area contributed by atoms with Gasteiger partial charge in [-0.1, -0.05) is 18.5 Å². The molecular weight excluding hydrogens is 338 g/mol. The Hall–Kier alpha value is -0.950. The number of hydrogen-bond donors (Lipinski definition) is 2. The lowest BCUT2D eigenvalue weighted by molar-refractivity contribution is 0.0918. The Balaban J connectivity index is 1.62.